The Kier molecular flexibility index (Phi) is 2.21. The second-order valence-corrected chi connectivity index (χ2v) is 4.62. The molecule has 3 atom stereocenters. The summed E-state index contributed by atoms with van der Waals surface area (Å²) in [5.74, 6) is 0.566. The minimum Gasteiger partial charge on any atom is -0.374 e. The molecule has 0 aromatic carbocycles. The van der Waals surface area contributed by atoms with Gasteiger partial charge in [0.25, 0.3) is 0 Å². The molecule has 3 rings (SSSR count). The van der Waals surface area contributed by atoms with Gasteiger partial charge in [0, 0.05) is 11.9 Å². The van der Waals surface area contributed by atoms with Crippen molar-refractivity contribution in [3.63, 3.8) is 0 Å². The maximum absolute atomic E-state index is 12.0. The molecule has 5 heteroatoms. The third kappa shape index (κ3) is 1.61. The van der Waals surface area contributed by atoms with Crippen LogP contribution in [0.4, 0.5) is 5.95 Å². The van der Waals surface area contributed by atoms with Gasteiger partial charge in [0.15, 0.2) is 0 Å². The number of rotatable bonds is 2. The Morgan fingerprint density at radius 1 is 1.62 bits per heavy atom. The van der Waals surface area contributed by atoms with Crippen LogP contribution in [0.3, 0.4) is 0 Å². The second kappa shape index (κ2) is 3.59. The molecule has 2 saturated heterocycles. The van der Waals surface area contributed by atoms with Gasteiger partial charge >= 0.3 is 0 Å². The average molecular weight is 221 g/mol. The molecule has 0 spiro atoms. The molecule has 0 aliphatic carbocycles. The Labute approximate surface area is 93.6 Å². The predicted octanol–water partition coefficient (Wildman–Crippen LogP) is 1.22. The standard InChI is InChI=1S/C11H15N3O2/c1-6-5-12-11(13-6)14-10(15)8-4-7-2-3-9(8)16-7/h5,7-9H,2-4H2,1H3,(H2,12,13,14,15). The third-order valence-electron chi connectivity index (χ3n) is 3.39. The van der Waals surface area contributed by atoms with E-state index in [2.05, 4.69) is 15.3 Å². The zero-order valence-corrected chi connectivity index (χ0v) is 9.19. The number of carbonyl (C=O) groups excluding carboxylic acids is 1. The van der Waals surface area contributed by atoms with E-state index in [1.165, 1.54) is 0 Å². The van der Waals surface area contributed by atoms with Crippen LogP contribution in [0.1, 0.15) is 25.0 Å². The smallest absolute Gasteiger partial charge is 0.232 e. The molecule has 2 aliphatic heterocycles. The third-order valence-corrected chi connectivity index (χ3v) is 3.39. The predicted molar refractivity (Wildman–Crippen MR) is 58.0 cm³/mol. The molecule has 3 heterocycles. The Bertz CT molecular complexity index is 415. The lowest BCUT2D eigenvalue weighted by Gasteiger charge is -2.16. The number of hydrogen-bond donors (Lipinski definition) is 2. The van der Waals surface area contributed by atoms with Crippen molar-refractivity contribution in [2.75, 3.05) is 5.32 Å². The van der Waals surface area contributed by atoms with Gasteiger partial charge < -0.3 is 9.72 Å². The van der Waals surface area contributed by atoms with Crippen LogP contribution in [0.2, 0.25) is 0 Å². The Morgan fingerprint density at radius 3 is 3.06 bits per heavy atom. The van der Waals surface area contributed by atoms with Crippen molar-refractivity contribution in [1.82, 2.24) is 9.97 Å². The van der Waals surface area contributed by atoms with Gasteiger partial charge in [-0.15, -0.1) is 0 Å². The molecule has 2 bridgehead atoms. The van der Waals surface area contributed by atoms with Gasteiger partial charge in [-0.2, -0.15) is 0 Å². The Balaban J connectivity index is 1.65. The van der Waals surface area contributed by atoms with E-state index in [4.69, 9.17) is 4.74 Å². The molecule has 0 radical (unpaired) electrons. The first-order valence-electron chi connectivity index (χ1n) is 5.70. The summed E-state index contributed by atoms with van der Waals surface area (Å²) < 4.78 is 5.66. The van der Waals surface area contributed by atoms with Crippen molar-refractivity contribution in [3.8, 4) is 0 Å². The van der Waals surface area contributed by atoms with Crippen molar-refractivity contribution in [2.24, 2.45) is 5.92 Å². The summed E-state index contributed by atoms with van der Waals surface area (Å²) in [6, 6.07) is 0. The maximum atomic E-state index is 12.0. The minimum absolute atomic E-state index is 0.00385. The highest BCUT2D eigenvalue weighted by atomic mass is 16.5. The fraction of sp³-hybridized carbons (Fsp3) is 0.636. The van der Waals surface area contributed by atoms with Crippen LogP contribution < -0.4 is 5.32 Å². The van der Waals surface area contributed by atoms with Crippen molar-refractivity contribution in [3.05, 3.63) is 11.9 Å². The van der Waals surface area contributed by atoms with Crippen LogP contribution >= 0.6 is 0 Å². The van der Waals surface area contributed by atoms with Crippen LogP contribution in [-0.2, 0) is 9.53 Å². The van der Waals surface area contributed by atoms with Gasteiger partial charge in [0.1, 0.15) is 0 Å². The fourth-order valence-corrected chi connectivity index (χ4v) is 2.60. The summed E-state index contributed by atoms with van der Waals surface area (Å²) in [5.41, 5.74) is 0.944. The van der Waals surface area contributed by atoms with Crippen molar-refractivity contribution in [1.29, 1.82) is 0 Å². The van der Waals surface area contributed by atoms with E-state index < -0.39 is 0 Å². The fourth-order valence-electron chi connectivity index (χ4n) is 2.60. The van der Waals surface area contributed by atoms with Gasteiger partial charge in [0.05, 0.1) is 18.1 Å². The van der Waals surface area contributed by atoms with E-state index in [9.17, 15) is 4.79 Å². The van der Waals surface area contributed by atoms with Gasteiger partial charge in [-0.1, -0.05) is 0 Å². The number of amides is 1. The first-order valence-corrected chi connectivity index (χ1v) is 5.70. The highest BCUT2D eigenvalue weighted by Gasteiger charge is 2.44. The van der Waals surface area contributed by atoms with Crippen molar-refractivity contribution >= 4 is 11.9 Å². The monoisotopic (exact) mass is 221 g/mol. The number of hydrogen-bond acceptors (Lipinski definition) is 3. The number of fused-ring (bicyclic) bond motifs is 2. The van der Waals surface area contributed by atoms with Gasteiger partial charge in [-0.3, -0.25) is 10.1 Å². The lowest BCUT2D eigenvalue weighted by atomic mass is 9.89. The number of aromatic nitrogens is 2. The van der Waals surface area contributed by atoms with Crippen molar-refractivity contribution in [2.45, 2.75) is 38.4 Å². The van der Waals surface area contributed by atoms with E-state index >= 15 is 0 Å². The van der Waals surface area contributed by atoms with Crippen LogP contribution in [0.25, 0.3) is 0 Å². The number of nitrogens with one attached hydrogen (secondary N) is 2. The lowest BCUT2D eigenvalue weighted by Crippen LogP contribution is -2.30. The summed E-state index contributed by atoms with van der Waals surface area (Å²) >= 11 is 0. The quantitative estimate of drug-likeness (QED) is 0.789. The summed E-state index contributed by atoms with van der Waals surface area (Å²) in [4.78, 5) is 19.0. The van der Waals surface area contributed by atoms with Crippen LogP contribution in [0.5, 0.6) is 0 Å². The molecule has 1 aromatic heterocycles. The Morgan fingerprint density at radius 2 is 2.50 bits per heavy atom. The number of H-pyrrole nitrogens is 1. The van der Waals surface area contributed by atoms with Crippen LogP contribution in [0, 0.1) is 12.8 Å². The molecule has 5 nitrogen and oxygen atoms in total. The summed E-state index contributed by atoms with van der Waals surface area (Å²) in [7, 11) is 0. The minimum atomic E-state index is 0.00385. The molecule has 3 unspecified atom stereocenters. The average Bonchev–Trinajstić information content (AvgIpc) is 2.93. The van der Waals surface area contributed by atoms with Gasteiger partial charge in [-0.25, -0.2) is 4.98 Å². The molecule has 1 amide bonds. The number of nitrogens with zero attached hydrogens (tertiary/aromatic N) is 1. The molecular formula is C11H15N3O2. The molecule has 1 aromatic rings. The first-order chi connectivity index (χ1) is 7.72. The van der Waals surface area contributed by atoms with Gasteiger partial charge in [0.2, 0.25) is 11.9 Å². The number of carbonyl (C=O) groups is 1. The molecule has 2 fully saturated rings. The highest BCUT2D eigenvalue weighted by Crippen LogP contribution is 2.39. The number of imidazole rings is 1. The van der Waals surface area contributed by atoms with Gasteiger partial charge in [-0.05, 0) is 26.2 Å². The molecule has 2 aliphatic rings. The van der Waals surface area contributed by atoms with E-state index in [0.29, 0.717) is 12.1 Å². The summed E-state index contributed by atoms with van der Waals surface area (Å²) in [6.45, 7) is 1.91. The van der Waals surface area contributed by atoms with E-state index in [1.807, 2.05) is 6.92 Å². The van der Waals surface area contributed by atoms with E-state index in [-0.39, 0.29) is 17.9 Å². The first kappa shape index (κ1) is 9.84. The summed E-state index contributed by atoms with van der Waals surface area (Å²) in [6.07, 6.45) is 5.11. The largest absolute Gasteiger partial charge is 0.374 e. The van der Waals surface area contributed by atoms with Crippen LogP contribution in [0.15, 0.2) is 6.20 Å². The SMILES string of the molecule is Cc1cnc(NC(=O)C2CC3CCC2O3)[nH]1. The highest BCUT2D eigenvalue weighted by molar-refractivity contribution is 5.91. The molecule has 0 saturated carbocycles. The molecular weight excluding hydrogens is 206 g/mol. The zero-order chi connectivity index (χ0) is 11.1. The normalized spacial score (nSPS) is 31.9. The second-order valence-electron chi connectivity index (χ2n) is 4.62. The molecule has 16 heavy (non-hydrogen) atoms. The van der Waals surface area contributed by atoms with E-state index in [0.717, 1.165) is 25.0 Å². The number of aromatic amines is 1. The number of ether oxygens (including phenoxy) is 1. The molecule has 2 N–H and O–H groups in total. The molecule has 86 valence electrons. The van der Waals surface area contributed by atoms with Crippen LogP contribution in [-0.4, -0.2) is 28.1 Å². The zero-order valence-electron chi connectivity index (χ0n) is 9.19. The summed E-state index contributed by atoms with van der Waals surface area (Å²) in [5, 5.41) is 2.80. The number of aryl methyl sites for hydroxylation is 1. The topological polar surface area (TPSA) is 67.0 Å². The van der Waals surface area contributed by atoms with E-state index in [1.54, 1.807) is 6.20 Å². The van der Waals surface area contributed by atoms with Crippen molar-refractivity contribution < 1.29 is 9.53 Å². The number of anilines is 1. The lowest BCUT2D eigenvalue weighted by molar-refractivity contribution is -0.121. The Hall–Kier alpha value is -1.36. The maximum Gasteiger partial charge on any atom is 0.232 e.